The van der Waals surface area contributed by atoms with Gasteiger partial charge in [-0.15, -0.1) is 0 Å². The molecule has 2 N–H and O–H groups in total. The number of fused-ring (bicyclic) bond motifs is 1. The molecule has 0 spiro atoms. The van der Waals surface area contributed by atoms with Crippen LogP contribution in [0.1, 0.15) is 29.8 Å². The first-order chi connectivity index (χ1) is 14.6. The number of amides is 2. The predicted octanol–water partition coefficient (Wildman–Crippen LogP) is 2.71. The fourth-order valence-corrected chi connectivity index (χ4v) is 3.26. The highest BCUT2D eigenvalue weighted by molar-refractivity contribution is 5.96. The van der Waals surface area contributed by atoms with Gasteiger partial charge >= 0.3 is 0 Å². The molecule has 0 fully saturated rings. The monoisotopic (exact) mass is 411 g/mol. The molecule has 0 aromatic heterocycles. The van der Waals surface area contributed by atoms with Gasteiger partial charge < -0.3 is 25.0 Å². The number of carbonyl (C=O) groups excluding carboxylic acids is 2. The summed E-state index contributed by atoms with van der Waals surface area (Å²) in [6.07, 6.45) is 0.226. The van der Waals surface area contributed by atoms with Crippen LogP contribution in [-0.2, 0) is 11.2 Å². The summed E-state index contributed by atoms with van der Waals surface area (Å²) in [6.45, 7) is 8.62. The van der Waals surface area contributed by atoms with Crippen molar-refractivity contribution >= 4 is 17.5 Å². The van der Waals surface area contributed by atoms with E-state index in [9.17, 15) is 9.59 Å². The fraction of sp³-hybridized carbons (Fsp3) is 0.391. The van der Waals surface area contributed by atoms with E-state index in [4.69, 9.17) is 9.47 Å². The quantitative estimate of drug-likeness (QED) is 0.663. The van der Waals surface area contributed by atoms with Crippen LogP contribution in [0.15, 0.2) is 42.5 Å². The van der Waals surface area contributed by atoms with Crippen molar-refractivity contribution in [2.45, 2.75) is 20.3 Å². The first-order valence-corrected chi connectivity index (χ1v) is 10.4. The summed E-state index contributed by atoms with van der Waals surface area (Å²) < 4.78 is 11.1. The molecule has 160 valence electrons. The minimum atomic E-state index is -0.136. The number of anilines is 1. The van der Waals surface area contributed by atoms with Crippen molar-refractivity contribution in [2.75, 3.05) is 44.7 Å². The van der Waals surface area contributed by atoms with Crippen LogP contribution in [0.25, 0.3) is 0 Å². The molecule has 1 aliphatic rings. The Kier molecular flexibility index (Phi) is 7.68. The number of hydrogen-bond donors (Lipinski definition) is 2. The molecule has 2 aromatic rings. The minimum Gasteiger partial charge on any atom is -0.486 e. The number of nitrogens with one attached hydrogen (secondary N) is 2. The molecule has 30 heavy (non-hydrogen) atoms. The van der Waals surface area contributed by atoms with E-state index in [2.05, 4.69) is 29.4 Å². The van der Waals surface area contributed by atoms with Gasteiger partial charge in [-0.05, 0) is 55.1 Å². The summed E-state index contributed by atoms with van der Waals surface area (Å²) in [5.74, 6) is 1.12. The summed E-state index contributed by atoms with van der Waals surface area (Å²) in [4.78, 5) is 26.9. The third kappa shape index (κ3) is 5.97. The number of carbonyl (C=O) groups is 2. The van der Waals surface area contributed by atoms with Gasteiger partial charge in [-0.2, -0.15) is 0 Å². The molecule has 0 aliphatic carbocycles. The van der Waals surface area contributed by atoms with Crippen LogP contribution in [0.3, 0.4) is 0 Å². The standard InChI is InChI=1S/C23H29N3O4/c1-3-26(4-2)12-11-24-23(28)18-6-8-19(9-7-18)25-22(27)16-17-5-10-20-21(15-17)30-14-13-29-20/h5-10,15H,3-4,11-14,16H2,1-2H3,(H,24,28)(H,25,27). The predicted molar refractivity (Wildman–Crippen MR) is 116 cm³/mol. The molecule has 7 heteroatoms. The van der Waals surface area contributed by atoms with Gasteiger partial charge in [-0.3, -0.25) is 9.59 Å². The van der Waals surface area contributed by atoms with Crippen molar-refractivity contribution in [1.29, 1.82) is 0 Å². The first-order valence-electron chi connectivity index (χ1n) is 10.4. The molecule has 7 nitrogen and oxygen atoms in total. The lowest BCUT2D eigenvalue weighted by Gasteiger charge is -2.18. The van der Waals surface area contributed by atoms with Gasteiger partial charge in [0.05, 0.1) is 6.42 Å². The van der Waals surface area contributed by atoms with Crippen LogP contribution in [0, 0.1) is 0 Å². The van der Waals surface area contributed by atoms with Crippen LogP contribution in [0.5, 0.6) is 11.5 Å². The van der Waals surface area contributed by atoms with E-state index in [0.29, 0.717) is 42.5 Å². The number of rotatable bonds is 9. The SMILES string of the molecule is CCN(CC)CCNC(=O)c1ccc(NC(=O)Cc2ccc3c(c2)OCCO3)cc1. The van der Waals surface area contributed by atoms with Crippen LogP contribution in [-0.4, -0.2) is 56.1 Å². The van der Waals surface area contributed by atoms with E-state index < -0.39 is 0 Å². The van der Waals surface area contributed by atoms with Gasteiger partial charge in [0.1, 0.15) is 13.2 Å². The minimum absolute atomic E-state index is 0.115. The van der Waals surface area contributed by atoms with Crippen molar-refractivity contribution in [3.05, 3.63) is 53.6 Å². The zero-order chi connectivity index (χ0) is 21.3. The summed E-state index contributed by atoms with van der Waals surface area (Å²) in [7, 11) is 0. The van der Waals surface area contributed by atoms with E-state index in [1.165, 1.54) is 0 Å². The van der Waals surface area contributed by atoms with E-state index in [0.717, 1.165) is 25.2 Å². The van der Waals surface area contributed by atoms with Crippen molar-refractivity contribution in [3.63, 3.8) is 0 Å². The Morgan fingerprint density at radius 2 is 1.67 bits per heavy atom. The molecule has 3 rings (SSSR count). The first kappa shape index (κ1) is 21.6. The molecule has 1 aliphatic heterocycles. The molecule has 0 saturated heterocycles. The highest BCUT2D eigenvalue weighted by Gasteiger charge is 2.13. The highest BCUT2D eigenvalue weighted by atomic mass is 16.6. The Morgan fingerprint density at radius 1 is 0.967 bits per heavy atom. The summed E-state index contributed by atoms with van der Waals surface area (Å²) >= 11 is 0. The Labute approximate surface area is 177 Å². The summed E-state index contributed by atoms with van der Waals surface area (Å²) in [5, 5.41) is 5.79. The molecule has 0 atom stereocenters. The molecular weight excluding hydrogens is 382 g/mol. The van der Waals surface area contributed by atoms with Gasteiger partial charge in [0.25, 0.3) is 5.91 Å². The van der Waals surface area contributed by atoms with E-state index in [-0.39, 0.29) is 18.2 Å². The smallest absolute Gasteiger partial charge is 0.251 e. The van der Waals surface area contributed by atoms with Gasteiger partial charge in [-0.1, -0.05) is 19.9 Å². The van der Waals surface area contributed by atoms with Crippen LogP contribution < -0.4 is 20.1 Å². The lowest BCUT2D eigenvalue weighted by Crippen LogP contribution is -2.34. The van der Waals surface area contributed by atoms with Crippen molar-refractivity contribution < 1.29 is 19.1 Å². The molecule has 0 bridgehead atoms. The third-order valence-electron chi connectivity index (χ3n) is 5.01. The molecule has 2 aromatic carbocycles. The Balaban J connectivity index is 1.49. The summed E-state index contributed by atoms with van der Waals surface area (Å²) in [6, 6.07) is 12.4. The molecule has 0 saturated carbocycles. The van der Waals surface area contributed by atoms with Gasteiger partial charge in [-0.25, -0.2) is 0 Å². The average molecular weight is 412 g/mol. The molecule has 2 amide bonds. The Bertz CT molecular complexity index is 863. The van der Waals surface area contributed by atoms with Crippen molar-refractivity contribution in [2.24, 2.45) is 0 Å². The lowest BCUT2D eigenvalue weighted by atomic mass is 10.1. The van der Waals surface area contributed by atoms with Crippen molar-refractivity contribution in [3.8, 4) is 11.5 Å². The molecule has 0 unspecified atom stereocenters. The average Bonchev–Trinajstić information content (AvgIpc) is 2.77. The second-order valence-electron chi connectivity index (χ2n) is 7.06. The van der Waals surface area contributed by atoms with Gasteiger partial charge in [0, 0.05) is 24.3 Å². The number of nitrogens with zero attached hydrogens (tertiary/aromatic N) is 1. The Hall–Kier alpha value is -3.06. The summed E-state index contributed by atoms with van der Waals surface area (Å²) in [5.41, 5.74) is 2.07. The number of ether oxygens (including phenoxy) is 2. The zero-order valence-electron chi connectivity index (χ0n) is 17.6. The van der Waals surface area contributed by atoms with Crippen LogP contribution in [0.2, 0.25) is 0 Å². The van der Waals surface area contributed by atoms with E-state index in [1.54, 1.807) is 24.3 Å². The molecule has 0 radical (unpaired) electrons. The second-order valence-corrected chi connectivity index (χ2v) is 7.06. The van der Waals surface area contributed by atoms with E-state index in [1.807, 2.05) is 18.2 Å². The van der Waals surface area contributed by atoms with Crippen LogP contribution >= 0.6 is 0 Å². The lowest BCUT2D eigenvalue weighted by molar-refractivity contribution is -0.115. The number of hydrogen-bond acceptors (Lipinski definition) is 5. The van der Waals surface area contributed by atoms with Crippen LogP contribution in [0.4, 0.5) is 5.69 Å². The molecule has 1 heterocycles. The van der Waals surface area contributed by atoms with Gasteiger partial charge in [0.2, 0.25) is 5.91 Å². The third-order valence-corrected chi connectivity index (χ3v) is 5.01. The largest absolute Gasteiger partial charge is 0.486 e. The van der Waals surface area contributed by atoms with Gasteiger partial charge in [0.15, 0.2) is 11.5 Å². The second kappa shape index (κ2) is 10.6. The molecular formula is C23H29N3O4. The number of likely N-dealkylation sites (N-methyl/N-ethyl adjacent to an activating group) is 1. The maximum absolute atomic E-state index is 12.4. The topological polar surface area (TPSA) is 79.9 Å². The van der Waals surface area contributed by atoms with Crippen molar-refractivity contribution in [1.82, 2.24) is 10.2 Å². The highest BCUT2D eigenvalue weighted by Crippen LogP contribution is 2.30. The fourth-order valence-electron chi connectivity index (χ4n) is 3.26. The normalized spacial score (nSPS) is 12.5. The zero-order valence-corrected chi connectivity index (χ0v) is 17.6. The maximum atomic E-state index is 12.4. The maximum Gasteiger partial charge on any atom is 0.251 e. The Morgan fingerprint density at radius 3 is 2.37 bits per heavy atom. The number of benzene rings is 2. The van der Waals surface area contributed by atoms with E-state index >= 15 is 0 Å².